The van der Waals surface area contributed by atoms with Crippen LogP contribution in [0.1, 0.15) is 5.56 Å². The zero-order valence-corrected chi connectivity index (χ0v) is 9.92. The van der Waals surface area contributed by atoms with E-state index in [0.29, 0.717) is 11.0 Å². The summed E-state index contributed by atoms with van der Waals surface area (Å²) >= 11 is 0. The van der Waals surface area contributed by atoms with Gasteiger partial charge in [-0.25, -0.2) is 9.97 Å². The molecule has 2 aromatic carbocycles. The Bertz CT molecular complexity index is 830. The molecular weight excluding hydrogens is 248 g/mol. The first-order valence-corrected chi connectivity index (χ1v) is 5.53. The van der Waals surface area contributed by atoms with E-state index in [1.807, 2.05) is 13.0 Å². The van der Waals surface area contributed by atoms with Gasteiger partial charge in [-0.05, 0) is 24.6 Å². The molecule has 4 N–H and O–H groups in total. The Morgan fingerprint density at radius 1 is 0.737 bits per heavy atom. The predicted octanol–water partition coefficient (Wildman–Crippen LogP) is 1.91. The monoisotopic (exact) mass is 258 g/mol. The van der Waals surface area contributed by atoms with Crippen LogP contribution in [0.25, 0.3) is 22.1 Å². The topological polar surface area (TPSA) is 107 Å². The van der Waals surface area contributed by atoms with E-state index in [1.54, 1.807) is 12.1 Å². The van der Waals surface area contributed by atoms with Crippen LogP contribution in [-0.4, -0.2) is 30.4 Å². The maximum atomic E-state index is 9.77. The van der Waals surface area contributed by atoms with Gasteiger partial charge in [-0.1, -0.05) is 6.07 Å². The van der Waals surface area contributed by atoms with E-state index < -0.39 is 23.0 Å². The van der Waals surface area contributed by atoms with Crippen molar-refractivity contribution in [1.29, 1.82) is 0 Å². The summed E-state index contributed by atoms with van der Waals surface area (Å²) in [4.78, 5) is 8.29. The highest BCUT2D eigenvalue weighted by molar-refractivity contribution is 5.96. The number of phenolic OH excluding ortho intramolecular Hbond substituents is 4. The number of aromatic hydroxyl groups is 4. The number of benzene rings is 2. The third-order valence-electron chi connectivity index (χ3n) is 2.94. The first-order chi connectivity index (χ1) is 8.99. The van der Waals surface area contributed by atoms with Crippen molar-refractivity contribution >= 4 is 22.1 Å². The lowest BCUT2D eigenvalue weighted by Crippen LogP contribution is -1.90. The fourth-order valence-electron chi connectivity index (χ4n) is 1.94. The quantitative estimate of drug-likeness (QED) is 0.279. The number of aryl methyl sites for hydroxylation is 1. The number of rotatable bonds is 0. The molecule has 0 aliphatic rings. The van der Waals surface area contributed by atoms with E-state index in [0.717, 1.165) is 5.56 Å². The lowest BCUT2D eigenvalue weighted by molar-refractivity contribution is 0.350. The highest BCUT2D eigenvalue weighted by atomic mass is 16.3. The van der Waals surface area contributed by atoms with Crippen LogP contribution in [0.4, 0.5) is 0 Å². The predicted molar refractivity (Wildman–Crippen MR) is 68.4 cm³/mol. The standard InChI is InChI=1S/C13H10N2O4/c1-5-2-3-6-7(4-5)15-9-8(14-6)10(16)12(18)13(19)11(9)17/h2-4,16-19H,1H3. The fourth-order valence-corrected chi connectivity index (χ4v) is 1.94. The van der Waals surface area contributed by atoms with Crippen LogP contribution in [0, 0.1) is 6.92 Å². The molecule has 0 spiro atoms. The molecule has 0 saturated carbocycles. The summed E-state index contributed by atoms with van der Waals surface area (Å²) < 4.78 is 0. The minimum absolute atomic E-state index is 0.0640. The molecule has 0 aliphatic carbocycles. The van der Waals surface area contributed by atoms with Gasteiger partial charge >= 0.3 is 0 Å². The second-order valence-electron chi connectivity index (χ2n) is 4.31. The largest absolute Gasteiger partial charge is 0.503 e. The van der Waals surface area contributed by atoms with Crippen LogP contribution < -0.4 is 0 Å². The molecule has 0 unspecified atom stereocenters. The highest BCUT2D eigenvalue weighted by Crippen LogP contribution is 2.47. The Hall–Kier alpha value is -2.76. The number of phenols is 4. The fraction of sp³-hybridized carbons (Fsp3) is 0.0769. The average Bonchev–Trinajstić information content (AvgIpc) is 2.41. The molecule has 0 bridgehead atoms. The molecule has 96 valence electrons. The Balaban J connectivity index is 2.55. The summed E-state index contributed by atoms with van der Waals surface area (Å²) in [5, 5.41) is 38.5. The molecule has 6 heteroatoms. The molecule has 0 aliphatic heterocycles. The van der Waals surface area contributed by atoms with Crippen molar-refractivity contribution in [2.75, 3.05) is 0 Å². The maximum absolute atomic E-state index is 9.77. The van der Waals surface area contributed by atoms with Gasteiger partial charge in [0.1, 0.15) is 11.0 Å². The summed E-state index contributed by atoms with van der Waals surface area (Å²) in [5.74, 6) is -2.85. The van der Waals surface area contributed by atoms with E-state index in [1.165, 1.54) is 0 Å². The van der Waals surface area contributed by atoms with Crippen molar-refractivity contribution in [2.24, 2.45) is 0 Å². The van der Waals surface area contributed by atoms with Gasteiger partial charge in [0, 0.05) is 0 Å². The normalized spacial score (nSPS) is 11.2. The average molecular weight is 258 g/mol. The summed E-state index contributed by atoms with van der Waals surface area (Å²) in [6.45, 7) is 1.89. The Labute approximate surface area is 107 Å². The zero-order valence-electron chi connectivity index (χ0n) is 9.92. The third kappa shape index (κ3) is 1.50. The molecule has 1 aromatic heterocycles. The molecule has 0 fully saturated rings. The minimum atomic E-state index is -0.814. The first-order valence-electron chi connectivity index (χ1n) is 5.53. The number of nitrogens with zero attached hydrogens (tertiary/aromatic N) is 2. The van der Waals surface area contributed by atoms with E-state index in [-0.39, 0.29) is 11.0 Å². The Morgan fingerprint density at radius 2 is 1.26 bits per heavy atom. The van der Waals surface area contributed by atoms with Gasteiger partial charge in [0.15, 0.2) is 11.5 Å². The van der Waals surface area contributed by atoms with Gasteiger partial charge in [-0.3, -0.25) is 0 Å². The number of hydrogen-bond acceptors (Lipinski definition) is 6. The Kier molecular flexibility index (Phi) is 2.16. The van der Waals surface area contributed by atoms with Crippen molar-refractivity contribution in [1.82, 2.24) is 9.97 Å². The highest BCUT2D eigenvalue weighted by Gasteiger charge is 2.20. The van der Waals surface area contributed by atoms with Crippen LogP contribution in [-0.2, 0) is 0 Å². The van der Waals surface area contributed by atoms with Crippen molar-refractivity contribution < 1.29 is 20.4 Å². The van der Waals surface area contributed by atoms with Crippen LogP contribution in [0.15, 0.2) is 18.2 Å². The second-order valence-corrected chi connectivity index (χ2v) is 4.31. The van der Waals surface area contributed by atoms with Gasteiger partial charge in [-0.15, -0.1) is 0 Å². The molecule has 0 radical (unpaired) electrons. The number of aromatic nitrogens is 2. The van der Waals surface area contributed by atoms with E-state index in [9.17, 15) is 20.4 Å². The molecule has 1 heterocycles. The van der Waals surface area contributed by atoms with E-state index in [2.05, 4.69) is 9.97 Å². The lowest BCUT2D eigenvalue weighted by Gasteiger charge is -2.08. The second kappa shape index (κ2) is 3.61. The molecule has 0 saturated heterocycles. The summed E-state index contributed by atoms with van der Waals surface area (Å²) in [5.41, 5.74) is 1.87. The molecule has 0 amide bonds. The van der Waals surface area contributed by atoms with Crippen LogP contribution in [0.5, 0.6) is 23.0 Å². The van der Waals surface area contributed by atoms with Crippen LogP contribution in [0.3, 0.4) is 0 Å². The number of hydrogen-bond donors (Lipinski definition) is 4. The van der Waals surface area contributed by atoms with Gasteiger partial charge in [0.25, 0.3) is 0 Å². The van der Waals surface area contributed by atoms with Gasteiger partial charge in [0.2, 0.25) is 11.5 Å². The van der Waals surface area contributed by atoms with E-state index >= 15 is 0 Å². The van der Waals surface area contributed by atoms with Crippen molar-refractivity contribution in [2.45, 2.75) is 6.92 Å². The van der Waals surface area contributed by atoms with Gasteiger partial charge in [0.05, 0.1) is 11.0 Å². The molecule has 3 aromatic rings. The molecule has 0 atom stereocenters. The lowest BCUT2D eigenvalue weighted by atomic mass is 10.1. The molecule has 3 rings (SSSR count). The number of fused-ring (bicyclic) bond motifs is 2. The summed E-state index contributed by atoms with van der Waals surface area (Å²) in [6, 6.07) is 5.32. The van der Waals surface area contributed by atoms with Crippen molar-refractivity contribution in [3.05, 3.63) is 23.8 Å². The summed E-state index contributed by atoms with van der Waals surface area (Å²) in [7, 11) is 0. The van der Waals surface area contributed by atoms with Crippen LogP contribution in [0.2, 0.25) is 0 Å². The van der Waals surface area contributed by atoms with Crippen molar-refractivity contribution in [3.8, 4) is 23.0 Å². The SMILES string of the molecule is Cc1ccc2nc3c(O)c(O)c(O)c(O)c3nc2c1. The zero-order chi connectivity index (χ0) is 13.7. The Morgan fingerprint density at radius 3 is 1.84 bits per heavy atom. The van der Waals surface area contributed by atoms with Gasteiger partial charge in [-0.2, -0.15) is 0 Å². The minimum Gasteiger partial charge on any atom is -0.503 e. The summed E-state index contributed by atoms with van der Waals surface area (Å²) in [6.07, 6.45) is 0. The first kappa shape index (κ1) is 11.3. The molecule has 19 heavy (non-hydrogen) atoms. The third-order valence-corrected chi connectivity index (χ3v) is 2.94. The molecular formula is C13H10N2O4. The molecule has 6 nitrogen and oxygen atoms in total. The smallest absolute Gasteiger partial charge is 0.206 e. The van der Waals surface area contributed by atoms with E-state index in [4.69, 9.17) is 0 Å². The van der Waals surface area contributed by atoms with Crippen LogP contribution >= 0.6 is 0 Å². The van der Waals surface area contributed by atoms with Gasteiger partial charge < -0.3 is 20.4 Å². The maximum Gasteiger partial charge on any atom is 0.206 e. The van der Waals surface area contributed by atoms with Crippen molar-refractivity contribution in [3.63, 3.8) is 0 Å².